The van der Waals surface area contributed by atoms with Crippen molar-refractivity contribution < 1.29 is 18.1 Å². The van der Waals surface area contributed by atoms with Crippen LogP contribution in [0.2, 0.25) is 0 Å². The molecule has 1 amide bonds. The molecule has 3 aromatic rings. The predicted octanol–water partition coefficient (Wildman–Crippen LogP) is 3.55. The Morgan fingerprint density at radius 2 is 1.59 bits per heavy atom. The van der Waals surface area contributed by atoms with Crippen molar-refractivity contribution in [2.75, 3.05) is 6.54 Å². The lowest BCUT2D eigenvalue weighted by atomic mass is 10.1. The van der Waals surface area contributed by atoms with Gasteiger partial charge >= 0.3 is 0 Å². The van der Waals surface area contributed by atoms with Crippen molar-refractivity contribution in [2.24, 2.45) is 5.10 Å². The van der Waals surface area contributed by atoms with Gasteiger partial charge in [0, 0.05) is 12.6 Å². The molecule has 0 saturated heterocycles. The maximum atomic E-state index is 13.3. The van der Waals surface area contributed by atoms with E-state index in [1.165, 1.54) is 30.3 Å². The summed E-state index contributed by atoms with van der Waals surface area (Å²) in [5.74, 6) is -0.683. The van der Waals surface area contributed by atoms with Crippen LogP contribution < -0.4 is 5.43 Å². The second kappa shape index (κ2) is 10.8. The SMILES string of the molecule is Cc1ccc(CN(CC(=O)N/N=C\c2ccccc2[N+](=O)[O-])S(=O)(=O)c2ccc(C)cc2)cc1. The Morgan fingerprint density at radius 3 is 2.21 bits per heavy atom. The molecule has 0 radical (unpaired) electrons. The van der Waals surface area contributed by atoms with E-state index in [0.29, 0.717) is 0 Å². The molecular formula is C24H24N4O5S. The molecule has 0 unspecified atom stereocenters. The summed E-state index contributed by atoms with van der Waals surface area (Å²) in [5.41, 5.74) is 4.95. The highest BCUT2D eigenvalue weighted by atomic mass is 32.2. The summed E-state index contributed by atoms with van der Waals surface area (Å²) in [7, 11) is -3.99. The zero-order valence-corrected chi connectivity index (χ0v) is 19.5. The molecule has 176 valence electrons. The molecule has 0 heterocycles. The molecule has 0 aliphatic heterocycles. The van der Waals surface area contributed by atoms with Gasteiger partial charge in [0.2, 0.25) is 10.0 Å². The number of carbonyl (C=O) groups excluding carboxylic acids is 1. The maximum absolute atomic E-state index is 13.3. The number of rotatable bonds is 9. The molecule has 34 heavy (non-hydrogen) atoms. The smallest absolute Gasteiger partial charge is 0.272 e. The summed E-state index contributed by atoms with van der Waals surface area (Å²) >= 11 is 0. The first kappa shape index (κ1) is 24.7. The molecule has 0 aliphatic rings. The Bertz CT molecular complexity index is 1300. The Hall–Kier alpha value is -3.89. The van der Waals surface area contributed by atoms with Crippen molar-refractivity contribution in [1.29, 1.82) is 0 Å². The van der Waals surface area contributed by atoms with Crippen molar-refractivity contribution in [3.8, 4) is 0 Å². The summed E-state index contributed by atoms with van der Waals surface area (Å²) in [6.07, 6.45) is 1.15. The second-order valence-electron chi connectivity index (χ2n) is 7.68. The fraction of sp³-hybridized carbons (Fsp3) is 0.167. The van der Waals surface area contributed by atoms with Gasteiger partial charge in [-0.1, -0.05) is 59.7 Å². The van der Waals surface area contributed by atoms with Crippen LogP contribution in [0.5, 0.6) is 0 Å². The molecular weight excluding hydrogens is 456 g/mol. The van der Waals surface area contributed by atoms with Gasteiger partial charge in [0.25, 0.3) is 11.6 Å². The first-order valence-corrected chi connectivity index (χ1v) is 11.8. The highest BCUT2D eigenvalue weighted by molar-refractivity contribution is 7.89. The quantitative estimate of drug-likeness (QED) is 0.285. The average Bonchev–Trinajstić information content (AvgIpc) is 2.80. The fourth-order valence-electron chi connectivity index (χ4n) is 3.11. The van der Waals surface area contributed by atoms with Gasteiger partial charge in [0.15, 0.2) is 0 Å². The van der Waals surface area contributed by atoms with Crippen LogP contribution in [-0.2, 0) is 21.4 Å². The first-order valence-electron chi connectivity index (χ1n) is 10.3. The maximum Gasteiger partial charge on any atom is 0.278 e. The van der Waals surface area contributed by atoms with Crippen LogP contribution in [-0.4, -0.2) is 36.3 Å². The summed E-state index contributed by atoms with van der Waals surface area (Å²) < 4.78 is 27.7. The van der Waals surface area contributed by atoms with Crippen molar-refractivity contribution in [2.45, 2.75) is 25.3 Å². The third-order valence-electron chi connectivity index (χ3n) is 4.98. The summed E-state index contributed by atoms with van der Waals surface area (Å²) in [6, 6.07) is 19.6. The van der Waals surface area contributed by atoms with Crippen molar-refractivity contribution in [3.05, 3.63) is 105 Å². The van der Waals surface area contributed by atoms with E-state index in [1.54, 1.807) is 30.3 Å². The molecule has 0 saturated carbocycles. The number of benzene rings is 3. The van der Waals surface area contributed by atoms with E-state index >= 15 is 0 Å². The van der Waals surface area contributed by atoms with E-state index in [0.717, 1.165) is 27.2 Å². The number of para-hydroxylation sites is 1. The van der Waals surface area contributed by atoms with Crippen LogP contribution in [0.4, 0.5) is 5.69 Å². The number of sulfonamides is 1. The predicted molar refractivity (Wildman–Crippen MR) is 129 cm³/mol. The van der Waals surface area contributed by atoms with Gasteiger partial charge in [0.1, 0.15) is 0 Å². The molecule has 10 heteroatoms. The summed E-state index contributed by atoms with van der Waals surface area (Å²) in [5, 5.41) is 14.9. The Labute approximate surface area is 197 Å². The van der Waals surface area contributed by atoms with Crippen molar-refractivity contribution in [1.82, 2.24) is 9.73 Å². The Balaban J connectivity index is 1.80. The molecule has 0 aliphatic carbocycles. The number of carbonyl (C=O) groups is 1. The van der Waals surface area contributed by atoms with E-state index < -0.39 is 27.4 Å². The zero-order chi connectivity index (χ0) is 24.7. The number of amides is 1. The van der Waals surface area contributed by atoms with Gasteiger partial charge in [-0.25, -0.2) is 13.8 Å². The van der Waals surface area contributed by atoms with Gasteiger partial charge in [0.05, 0.1) is 28.1 Å². The fourth-order valence-corrected chi connectivity index (χ4v) is 4.50. The van der Waals surface area contributed by atoms with Crippen LogP contribution in [0.25, 0.3) is 0 Å². The standard InChI is InChI=1S/C24H24N4O5S/c1-18-7-11-20(12-8-18)16-27(34(32,33)22-13-9-19(2)10-14-22)17-24(29)26-25-15-21-5-3-4-6-23(21)28(30)31/h3-15H,16-17H2,1-2H3,(H,26,29)/b25-15-. The van der Waals surface area contributed by atoms with Crippen molar-refractivity contribution in [3.63, 3.8) is 0 Å². The minimum atomic E-state index is -3.99. The Kier molecular flexibility index (Phi) is 7.87. The number of hydrazone groups is 1. The van der Waals surface area contributed by atoms with Gasteiger partial charge in [-0.3, -0.25) is 14.9 Å². The lowest BCUT2D eigenvalue weighted by molar-refractivity contribution is -0.385. The average molecular weight is 481 g/mol. The normalized spacial score (nSPS) is 11.6. The third kappa shape index (κ3) is 6.33. The summed E-state index contributed by atoms with van der Waals surface area (Å²) in [4.78, 5) is 23.2. The van der Waals surface area contributed by atoms with Gasteiger partial charge in [-0.05, 0) is 37.6 Å². The molecule has 0 fully saturated rings. The highest BCUT2D eigenvalue weighted by Crippen LogP contribution is 2.19. The molecule has 0 aromatic heterocycles. The largest absolute Gasteiger partial charge is 0.278 e. The lowest BCUT2D eigenvalue weighted by Crippen LogP contribution is -2.39. The number of nitrogens with one attached hydrogen (secondary N) is 1. The van der Waals surface area contributed by atoms with Gasteiger partial charge < -0.3 is 0 Å². The van der Waals surface area contributed by atoms with E-state index in [4.69, 9.17) is 0 Å². The zero-order valence-electron chi connectivity index (χ0n) is 18.7. The molecule has 0 spiro atoms. The Morgan fingerprint density at radius 1 is 1.00 bits per heavy atom. The van der Waals surface area contributed by atoms with E-state index in [2.05, 4.69) is 10.5 Å². The van der Waals surface area contributed by atoms with E-state index in [9.17, 15) is 23.3 Å². The molecule has 1 N–H and O–H groups in total. The lowest BCUT2D eigenvalue weighted by Gasteiger charge is -2.21. The van der Waals surface area contributed by atoms with Crippen LogP contribution >= 0.6 is 0 Å². The molecule has 9 nitrogen and oxygen atoms in total. The van der Waals surface area contributed by atoms with Crippen LogP contribution in [0.15, 0.2) is 82.8 Å². The summed E-state index contributed by atoms with van der Waals surface area (Å²) in [6.45, 7) is 3.27. The number of hydrogen-bond acceptors (Lipinski definition) is 6. The third-order valence-corrected chi connectivity index (χ3v) is 6.79. The topological polar surface area (TPSA) is 122 Å². The van der Waals surface area contributed by atoms with E-state index in [-0.39, 0.29) is 22.7 Å². The first-order chi connectivity index (χ1) is 16.2. The molecule has 0 bridgehead atoms. The van der Waals surface area contributed by atoms with Crippen LogP contribution in [0, 0.1) is 24.0 Å². The molecule has 3 rings (SSSR count). The second-order valence-corrected chi connectivity index (χ2v) is 9.62. The van der Waals surface area contributed by atoms with E-state index in [1.807, 2.05) is 26.0 Å². The van der Waals surface area contributed by atoms with Gasteiger partial charge in [-0.15, -0.1) is 0 Å². The minimum Gasteiger partial charge on any atom is -0.272 e. The molecule has 0 atom stereocenters. The number of hydrogen-bond donors (Lipinski definition) is 1. The number of aryl methyl sites for hydroxylation is 2. The monoisotopic (exact) mass is 480 g/mol. The molecule has 3 aromatic carbocycles. The van der Waals surface area contributed by atoms with Crippen LogP contribution in [0.1, 0.15) is 22.3 Å². The number of nitro groups is 1. The minimum absolute atomic E-state index is 0.0161. The van der Waals surface area contributed by atoms with Crippen LogP contribution in [0.3, 0.4) is 0 Å². The number of nitro benzene ring substituents is 1. The number of nitrogens with zero attached hydrogens (tertiary/aromatic N) is 3. The van der Waals surface area contributed by atoms with Gasteiger partial charge in [-0.2, -0.15) is 9.41 Å². The highest BCUT2D eigenvalue weighted by Gasteiger charge is 2.27. The van der Waals surface area contributed by atoms with Crippen molar-refractivity contribution >= 4 is 27.8 Å².